The first-order valence-electron chi connectivity index (χ1n) is 7.58. The third-order valence-electron chi connectivity index (χ3n) is 2.92. The van der Waals surface area contributed by atoms with Gasteiger partial charge in [0.1, 0.15) is 11.5 Å². The minimum absolute atomic E-state index is 0.0696. The average Bonchev–Trinajstić information content (AvgIpc) is 2.48. The fourth-order valence-corrected chi connectivity index (χ4v) is 2.62. The van der Waals surface area contributed by atoms with Crippen LogP contribution in [0.4, 0.5) is 0 Å². The molecule has 1 atom stereocenters. The van der Waals surface area contributed by atoms with Crippen LogP contribution in [-0.2, 0) is 4.79 Å². The van der Waals surface area contributed by atoms with Gasteiger partial charge in [-0.25, -0.2) is 0 Å². The molecule has 0 unspecified atom stereocenters. The van der Waals surface area contributed by atoms with E-state index in [9.17, 15) is 4.79 Å². The van der Waals surface area contributed by atoms with E-state index < -0.39 is 6.10 Å². The van der Waals surface area contributed by atoms with Gasteiger partial charge in [0.05, 0.1) is 7.11 Å². The van der Waals surface area contributed by atoms with Crippen LogP contribution in [0, 0.1) is 0 Å². The fourth-order valence-electron chi connectivity index (χ4n) is 1.81. The highest BCUT2D eigenvalue weighted by molar-refractivity contribution is 8.00. The number of thioether (sulfide) groups is 1. The van der Waals surface area contributed by atoms with Gasteiger partial charge >= 0.3 is 0 Å². The van der Waals surface area contributed by atoms with Crippen LogP contribution in [0.5, 0.6) is 11.5 Å². The second-order valence-corrected chi connectivity index (χ2v) is 7.87. The first-order chi connectivity index (χ1) is 10.4. The fraction of sp³-hybridized carbons (Fsp3) is 0.588. The summed E-state index contributed by atoms with van der Waals surface area (Å²) in [5.74, 6) is 2.18. The Balaban J connectivity index is 2.47. The lowest BCUT2D eigenvalue weighted by Gasteiger charge is -2.20. The van der Waals surface area contributed by atoms with Gasteiger partial charge in [-0.05, 0) is 18.6 Å². The molecule has 0 spiro atoms. The summed E-state index contributed by atoms with van der Waals surface area (Å²) in [7, 11) is 1.61. The maximum atomic E-state index is 12.2. The molecule has 0 saturated heterocycles. The molecule has 0 heterocycles. The van der Waals surface area contributed by atoms with Gasteiger partial charge in [-0.1, -0.05) is 33.8 Å². The lowest BCUT2D eigenvalue weighted by molar-refractivity contribution is -0.127. The molecule has 4 nitrogen and oxygen atoms in total. The van der Waals surface area contributed by atoms with Gasteiger partial charge < -0.3 is 14.8 Å². The van der Waals surface area contributed by atoms with E-state index in [4.69, 9.17) is 9.47 Å². The van der Waals surface area contributed by atoms with Crippen molar-refractivity contribution in [3.63, 3.8) is 0 Å². The van der Waals surface area contributed by atoms with E-state index in [1.807, 2.05) is 36.9 Å². The highest BCUT2D eigenvalue weighted by atomic mass is 32.2. The Morgan fingerprint density at radius 1 is 1.32 bits per heavy atom. The van der Waals surface area contributed by atoms with Crippen LogP contribution in [-0.4, -0.2) is 36.2 Å². The molecular weight excluding hydrogens is 298 g/mol. The molecule has 0 radical (unpaired) electrons. The number of methoxy groups -OCH3 is 1. The lowest BCUT2D eigenvalue weighted by atomic mass is 10.2. The van der Waals surface area contributed by atoms with E-state index in [1.165, 1.54) is 0 Å². The third kappa shape index (κ3) is 7.07. The second-order valence-electron chi connectivity index (χ2n) is 5.95. The van der Waals surface area contributed by atoms with Crippen LogP contribution in [0.2, 0.25) is 0 Å². The molecule has 0 fully saturated rings. The molecule has 0 aliphatic heterocycles. The van der Waals surface area contributed by atoms with Gasteiger partial charge in [0, 0.05) is 23.1 Å². The average molecular weight is 325 g/mol. The number of carbonyl (C=O) groups excluding carboxylic acids is 1. The zero-order valence-electron chi connectivity index (χ0n) is 14.1. The normalized spacial score (nSPS) is 12.6. The van der Waals surface area contributed by atoms with Crippen molar-refractivity contribution in [1.82, 2.24) is 5.32 Å². The molecule has 1 amide bonds. The lowest BCUT2D eigenvalue weighted by Crippen LogP contribution is -2.39. The van der Waals surface area contributed by atoms with Crippen molar-refractivity contribution in [2.45, 2.75) is 45.0 Å². The summed E-state index contributed by atoms with van der Waals surface area (Å²) in [5, 5.41) is 2.94. The third-order valence-corrected chi connectivity index (χ3v) is 4.19. The van der Waals surface area contributed by atoms with Gasteiger partial charge in [-0.2, -0.15) is 11.8 Å². The minimum atomic E-state index is -0.480. The molecule has 0 aliphatic carbocycles. The number of benzene rings is 1. The van der Waals surface area contributed by atoms with Crippen LogP contribution in [0.15, 0.2) is 24.3 Å². The largest absolute Gasteiger partial charge is 0.497 e. The summed E-state index contributed by atoms with van der Waals surface area (Å²) in [4.78, 5) is 12.2. The zero-order chi connectivity index (χ0) is 16.6. The molecule has 1 N–H and O–H groups in total. The minimum Gasteiger partial charge on any atom is -0.497 e. The maximum Gasteiger partial charge on any atom is 0.261 e. The monoisotopic (exact) mass is 325 g/mol. The predicted molar refractivity (Wildman–Crippen MR) is 92.9 cm³/mol. The van der Waals surface area contributed by atoms with Crippen molar-refractivity contribution in [1.29, 1.82) is 0 Å². The van der Waals surface area contributed by atoms with Gasteiger partial charge in [0.15, 0.2) is 6.10 Å². The van der Waals surface area contributed by atoms with Crippen LogP contribution >= 0.6 is 11.8 Å². The predicted octanol–water partition coefficient (Wildman–Crippen LogP) is 3.50. The number of rotatable bonds is 8. The number of nitrogens with one attached hydrogen (secondary N) is 1. The summed E-state index contributed by atoms with van der Waals surface area (Å²) in [6.45, 7) is 9.09. The Kier molecular flexibility index (Phi) is 7.59. The van der Waals surface area contributed by atoms with Crippen molar-refractivity contribution in [3.8, 4) is 11.5 Å². The van der Waals surface area contributed by atoms with Crippen LogP contribution in [0.25, 0.3) is 0 Å². The number of ether oxygens (including phenoxy) is 2. The van der Waals surface area contributed by atoms with Gasteiger partial charge in [-0.3, -0.25) is 4.79 Å². The van der Waals surface area contributed by atoms with Gasteiger partial charge in [-0.15, -0.1) is 0 Å². The number of carbonyl (C=O) groups is 1. The van der Waals surface area contributed by atoms with E-state index in [0.717, 1.165) is 5.75 Å². The molecule has 0 aromatic heterocycles. The molecule has 0 aliphatic rings. The van der Waals surface area contributed by atoms with E-state index in [-0.39, 0.29) is 10.7 Å². The Labute approximate surface area is 138 Å². The highest BCUT2D eigenvalue weighted by Crippen LogP contribution is 2.22. The molecule has 124 valence electrons. The molecule has 22 heavy (non-hydrogen) atoms. The summed E-state index contributed by atoms with van der Waals surface area (Å²) < 4.78 is 11.1. The molecule has 0 saturated carbocycles. The molecule has 1 aromatic carbocycles. The summed E-state index contributed by atoms with van der Waals surface area (Å²) in [5.41, 5.74) is 0. The van der Waals surface area contributed by atoms with Gasteiger partial charge in [0.2, 0.25) is 0 Å². The molecule has 1 rings (SSSR count). The number of amides is 1. The summed E-state index contributed by atoms with van der Waals surface area (Å²) >= 11 is 1.83. The Bertz CT molecular complexity index is 471. The SMILES string of the molecule is CC[C@H](Oc1cccc(OC)c1)C(=O)NCCSC(C)(C)C. The highest BCUT2D eigenvalue weighted by Gasteiger charge is 2.18. The Hall–Kier alpha value is -1.36. The standard InChI is InChI=1S/C17H27NO3S/c1-6-15(16(19)18-10-11-22-17(2,3)4)21-14-9-7-8-13(12-14)20-5/h7-9,12,15H,6,10-11H2,1-5H3,(H,18,19)/t15-/m0/s1. The quantitative estimate of drug-likeness (QED) is 0.743. The van der Waals surface area contributed by atoms with Crippen molar-refractivity contribution in [2.24, 2.45) is 0 Å². The first-order valence-corrected chi connectivity index (χ1v) is 8.56. The molecular formula is C17H27NO3S. The van der Waals surface area contributed by atoms with E-state index in [1.54, 1.807) is 13.2 Å². The zero-order valence-corrected chi connectivity index (χ0v) is 15.0. The van der Waals surface area contributed by atoms with Crippen molar-refractivity contribution in [2.75, 3.05) is 19.4 Å². The molecule has 1 aromatic rings. The van der Waals surface area contributed by atoms with Crippen molar-refractivity contribution in [3.05, 3.63) is 24.3 Å². The van der Waals surface area contributed by atoms with Crippen LogP contribution in [0.3, 0.4) is 0 Å². The maximum absolute atomic E-state index is 12.2. The van der Waals surface area contributed by atoms with Crippen LogP contribution in [0.1, 0.15) is 34.1 Å². The number of hydrogen-bond donors (Lipinski definition) is 1. The van der Waals surface area contributed by atoms with Gasteiger partial charge in [0.25, 0.3) is 5.91 Å². The first kappa shape index (κ1) is 18.7. The summed E-state index contributed by atoms with van der Waals surface area (Å²) in [6, 6.07) is 7.30. The van der Waals surface area contributed by atoms with Crippen molar-refractivity contribution < 1.29 is 14.3 Å². The summed E-state index contributed by atoms with van der Waals surface area (Å²) in [6.07, 6.45) is 0.141. The second kappa shape index (κ2) is 8.93. The van der Waals surface area contributed by atoms with E-state index >= 15 is 0 Å². The van der Waals surface area contributed by atoms with Crippen LogP contribution < -0.4 is 14.8 Å². The van der Waals surface area contributed by atoms with E-state index in [0.29, 0.717) is 24.5 Å². The molecule has 5 heteroatoms. The smallest absolute Gasteiger partial charge is 0.261 e. The van der Waals surface area contributed by atoms with Crippen molar-refractivity contribution >= 4 is 17.7 Å². The Morgan fingerprint density at radius 2 is 2.00 bits per heavy atom. The van der Waals surface area contributed by atoms with E-state index in [2.05, 4.69) is 26.1 Å². The number of hydrogen-bond acceptors (Lipinski definition) is 4. The molecule has 0 bridgehead atoms. The topological polar surface area (TPSA) is 47.6 Å². The Morgan fingerprint density at radius 3 is 2.59 bits per heavy atom.